The predicted molar refractivity (Wildman–Crippen MR) is 84.1 cm³/mol. The fraction of sp³-hybridized carbons (Fsp3) is 0.562. The van der Waals surface area contributed by atoms with Gasteiger partial charge >= 0.3 is 0 Å². The number of nitrogens with two attached hydrogens (primary N) is 1. The van der Waals surface area contributed by atoms with E-state index in [0.717, 1.165) is 31.6 Å². The van der Waals surface area contributed by atoms with Crippen LogP contribution in [-0.2, 0) is 0 Å². The summed E-state index contributed by atoms with van der Waals surface area (Å²) in [5.41, 5.74) is 5.12. The molecular formula is C16H24N4O. The molecule has 2 aliphatic heterocycles. The van der Waals surface area contributed by atoms with E-state index < -0.39 is 0 Å². The van der Waals surface area contributed by atoms with E-state index in [4.69, 9.17) is 5.84 Å². The number of fused-ring (bicyclic) bond motifs is 1. The summed E-state index contributed by atoms with van der Waals surface area (Å²) in [7, 11) is 0. The Balaban J connectivity index is 1.82. The SMILES string of the molecule is Cc1ccc(NN)c(C(=O)N2CCCN3CCCC3C2)c1. The quantitative estimate of drug-likeness (QED) is 0.641. The van der Waals surface area contributed by atoms with E-state index in [1.807, 2.05) is 30.0 Å². The molecule has 3 rings (SSSR count). The van der Waals surface area contributed by atoms with Gasteiger partial charge in [0.15, 0.2) is 0 Å². The number of nitrogens with zero attached hydrogens (tertiary/aromatic N) is 2. The number of carbonyl (C=O) groups excluding carboxylic acids is 1. The first-order valence-electron chi connectivity index (χ1n) is 7.79. The summed E-state index contributed by atoms with van der Waals surface area (Å²) in [5, 5.41) is 0. The number of amides is 1. The molecule has 5 heteroatoms. The molecule has 2 aliphatic rings. The Morgan fingerprint density at radius 3 is 2.90 bits per heavy atom. The molecule has 0 bridgehead atoms. The first kappa shape index (κ1) is 14.4. The van der Waals surface area contributed by atoms with E-state index in [9.17, 15) is 4.79 Å². The van der Waals surface area contributed by atoms with Gasteiger partial charge < -0.3 is 10.3 Å². The average molecular weight is 288 g/mol. The van der Waals surface area contributed by atoms with E-state index in [-0.39, 0.29) is 5.91 Å². The van der Waals surface area contributed by atoms with E-state index in [2.05, 4.69) is 10.3 Å². The predicted octanol–water partition coefficient (Wildman–Crippen LogP) is 1.59. The molecule has 3 N–H and O–H groups in total. The van der Waals surface area contributed by atoms with Gasteiger partial charge in [0.2, 0.25) is 0 Å². The number of aryl methyl sites for hydroxylation is 1. The molecule has 0 spiro atoms. The molecule has 0 aliphatic carbocycles. The van der Waals surface area contributed by atoms with Gasteiger partial charge in [-0.15, -0.1) is 0 Å². The minimum absolute atomic E-state index is 0.0976. The lowest BCUT2D eigenvalue weighted by molar-refractivity contribution is 0.0744. The number of anilines is 1. The topological polar surface area (TPSA) is 61.6 Å². The molecule has 1 atom stereocenters. The Morgan fingerprint density at radius 1 is 1.29 bits per heavy atom. The Labute approximate surface area is 126 Å². The molecular weight excluding hydrogens is 264 g/mol. The highest BCUT2D eigenvalue weighted by molar-refractivity contribution is 5.99. The number of nitrogens with one attached hydrogen (secondary N) is 1. The maximum Gasteiger partial charge on any atom is 0.256 e. The van der Waals surface area contributed by atoms with Crippen molar-refractivity contribution in [2.24, 2.45) is 5.84 Å². The molecule has 1 amide bonds. The second-order valence-electron chi connectivity index (χ2n) is 6.13. The average Bonchev–Trinajstić information content (AvgIpc) is 2.83. The zero-order valence-electron chi connectivity index (χ0n) is 12.6. The molecule has 0 aromatic heterocycles. The Morgan fingerprint density at radius 2 is 2.10 bits per heavy atom. The van der Waals surface area contributed by atoms with Crippen LogP contribution < -0.4 is 11.3 Å². The molecule has 21 heavy (non-hydrogen) atoms. The highest BCUT2D eigenvalue weighted by Gasteiger charge is 2.31. The van der Waals surface area contributed by atoms with Gasteiger partial charge in [0, 0.05) is 25.7 Å². The summed E-state index contributed by atoms with van der Waals surface area (Å²) in [6.07, 6.45) is 3.52. The third-order valence-corrected chi connectivity index (χ3v) is 4.65. The number of rotatable bonds is 2. The van der Waals surface area contributed by atoms with Crippen molar-refractivity contribution in [2.45, 2.75) is 32.2 Å². The summed E-state index contributed by atoms with van der Waals surface area (Å²) in [5.74, 6) is 5.65. The molecule has 2 heterocycles. The van der Waals surface area contributed by atoms with Crippen molar-refractivity contribution in [2.75, 3.05) is 31.6 Å². The van der Waals surface area contributed by atoms with Crippen LogP contribution in [0.2, 0.25) is 0 Å². The summed E-state index contributed by atoms with van der Waals surface area (Å²) < 4.78 is 0. The largest absolute Gasteiger partial charge is 0.337 e. The first-order chi connectivity index (χ1) is 10.2. The van der Waals surface area contributed by atoms with Crippen LogP contribution in [0.3, 0.4) is 0 Å². The van der Waals surface area contributed by atoms with Gasteiger partial charge in [0.25, 0.3) is 5.91 Å². The van der Waals surface area contributed by atoms with E-state index in [1.54, 1.807) is 0 Å². The van der Waals surface area contributed by atoms with Crippen molar-refractivity contribution in [3.63, 3.8) is 0 Å². The van der Waals surface area contributed by atoms with Gasteiger partial charge in [-0.2, -0.15) is 0 Å². The lowest BCUT2D eigenvalue weighted by Gasteiger charge is -2.26. The van der Waals surface area contributed by atoms with Crippen LogP contribution in [0, 0.1) is 6.92 Å². The van der Waals surface area contributed by atoms with Crippen molar-refractivity contribution in [1.29, 1.82) is 0 Å². The maximum atomic E-state index is 12.9. The Bertz CT molecular complexity index is 531. The van der Waals surface area contributed by atoms with Crippen molar-refractivity contribution in [1.82, 2.24) is 9.80 Å². The number of hydrogen-bond donors (Lipinski definition) is 2. The van der Waals surface area contributed by atoms with Crippen LogP contribution in [0.4, 0.5) is 5.69 Å². The van der Waals surface area contributed by atoms with Gasteiger partial charge in [-0.25, -0.2) is 0 Å². The molecule has 2 saturated heterocycles. The van der Waals surface area contributed by atoms with Crippen molar-refractivity contribution >= 4 is 11.6 Å². The molecule has 0 radical (unpaired) electrons. The number of carbonyl (C=O) groups is 1. The normalized spacial score (nSPS) is 22.8. The molecule has 114 valence electrons. The Hall–Kier alpha value is -1.59. The number of benzene rings is 1. The fourth-order valence-corrected chi connectivity index (χ4v) is 3.52. The lowest BCUT2D eigenvalue weighted by atomic mass is 10.1. The van der Waals surface area contributed by atoms with Crippen LogP contribution in [0.15, 0.2) is 18.2 Å². The summed E-state index contributed by atoms with van der Waals surface area (Å²) >= 11 is 0. The summed E-state index contributed by atoms with van der Waals surface area (Å²) in [6, 6.07) is 6.31. The van der Waals surface area contributed by atoms with E-state index in [0.29, 0.717) is 17.3 Å². The van der Waals surface area contributed by atoms with Gasteiger partial charge in [0.1, 0.15) is 0 Å². The van der Waals surface area contributed by atoms with Crippen molar-refractivity contribution in [3.05, 3.63) is 29.3 Å². The number of nitrogen functional groups attached to an aromatic ring is 1. The van der Waals surface area contributed by atoms with E-state index >= 15 is 0 Å². The van der Waals surface area contributed by atoms with E-state index in [1.165, 1.54) is 19.4 Å². The molecule has 1 unspecified atom stereocenters. The first-order valence-corrected chi connectivity index (χ1v) is 7.79. The second-order valence-corrected chi connectivity index (χ2v) is 6.13. The number of hydrogen-bond acceptors (Lipinski definition) is 4. The van der Waals surface area contributed by atoms with Gasteiger partial charge in [-0.1, -0.05) is 11.6 Å². The zero-order valence-corrected chi connectivity index (χ0v) is 12.6. The van der Waals surface area contributed by atoms with Crippen LogP contribution >= 0.6 is 0 Å². The minimum Gasteiger partial charge on any atom is -0.337 e. The highest BCUT2D eigenvalue weighted by Crippen LogP contribution is 2.24. The van der Waals surface area contributed by atoms with Crippen LogP contribution in [0.1, 0.15) is 35.2 Å². The molecule has 1 aromatic rings. The van der Waals surface area contributed by atoms with Crippen LogP contribution in [-0.4, -0.2) is 47.9 Å². The number of hydrazine groups is 1. The standard InChI is InChI=1S/C16H24N4O/c1-12-5-6-15(18-17)14(10-12)16(21)20-9-3-8-19-7-2-4-13(19)11-20/h5-6,10,13,18H,2-4,7-9,11,17H2,1H3. The Kier molecular flexibility index (Phi) is 4.12. The van der Waals surface area contributed by atoms with Gasteiger partial charge in [-0.05, 0) is 44.9 Å². The summed E-state index contributed by atoms with van der Waals surface area (Å²) in [6.45, 7) is 5.98. The van der Waals surface area contributed by atoms with Crippen LogP contribution in [0.25, 0.3) is 0 Å². The maximum absolute atomic E-state index is 12.9. The van der Waals surface area contributed by atoms with Gasteiger partial charge in [0.05, 0.1) is 11.3 Å². The minimum atomic E-state index is 0.0976. The molecule has 0 saturated carbocycles. The second kappa shape index (κ2) is 6.03. The third-order valence-electron chi connectivity index (χ3n) is 4.65. The van der Waals surface area contributed by atoms with Gasteiger partial charge in [-0.3, -0.25) is 15.5 Å². The molecule has 2 fully saturated rings. The smallest absolute Gasteiger partial charge is 0.256 e. The third kappa shape index (κ3) is 2.89. The summed E-state index contributed by atoms with van der Waals surface area (Å²) in [4.78, 5) is 17.4. The monoisotopic (exact) mass is 288 g/mol. The lowest BCUT2D eigenvalue weighted by Crippen LogP contribution is -2.40. The van der Waals surface area contributed by atoms with Crippen LogP contribution in [0.5, 0.6) is 0 Å². The zero-order chi connectivity index (χ0) is 14.8. The van der Waals surface area contributed by atoms with Crippen molar-refractivity contribution in [3.8, 4) is 0 Å². The van der Waals surface area contributed by atoms with Crippen molar-refractivity contribution < 1.29 is 4.79 Å². The molecule has 1 aromatic carbocycles. The fourth-order valence-electron chi connectivity index (χ4n) is 3.52. The highest BCUT2D eigenvalue weighted by atomic mass is 16.2. The molecule has 5 nitrogen and oxygen atoms in total.